The van der Waals surface area contributed by atoms with Gasteiger partial charge in [0.15, 0.2) is 0 Å². The topological polar surface area (TPSA) is 67.4 Å². The Morgan fingerprint density at radius 2 is 1.72 bits per heavy atom. The number of hydrogen-bond acceptors (Lipinski definition) is 3. The minimum absolute atomic E-state index is 0.0917. The standard InChI is InChI=1S/C19H21BrN2O3/c1-25-17-5-3-2-4-14(17)10-12-21-18(23)11-13-22-19(24)15-6-8-16(20)9-7-15/h2-9H,10-13H2,1H3,(H,21,23)(H,22,24). The first-order valence-electron chi connectivity index (χ1n) is 8.02. The first kappa shape index (κ1) is 19.0. The molecule has 0 atom stereocenters. The van der Waals surface area contributed by atoms with E-state index in [-0.39, 0.29) is 18.2 Å². The van der Waals surface area contributed by atoms with Crippen LogP contribution in [0.5, 0.6) is 5.75 Å². The van der Waals surface area contributed by atoms with Crippen LogP contribution in [0.4, 0.5) is 0 Å². The number of hydrogen-bond donors (Lipinski definition) is 2. The van der Waals surface area contributed by atoms with Crippen molar-refractivity contribution >= 4 is 27.7 Å². The number of rotatable bonds is 8. The number of nitrogens with one attached hydrogen (secondary N) is 2. The molecule has 0 bridgehead atoms. The van der Waals surface area contributed by atoms with E-state index in [0.29, 0.717) is 25.1 Å². The molecule has 0 saturated carbocycles. The highest BCUT2D eigenvalue weighted by Crippen LogP contribution is 2.17. The van der Waals surface area contributed by atoms with Crippen molar-refractivity contribution < 1.29 is 14.3 Å². The van der Waals surface area contributed by atoms with Crippen molar-refractivity contribution in [2.75, 3.05) is 20.2 Å². The lowest BCUT2D eigenvalue weighted by molar-refractivity contribution is -0.120. The second kappa shape index (κ2) is 9.84. The Morgan fingerprint density at radius 3 is 2.44 bits per heavy atom. The Hall–Kier alpha value is -2.34. The second-order valence-electron chi connectivity index (χ2n) is 5.42. The van der Waals surface area contributed by atoms with E-state index in [9.17, 15) is 9.59 Å². The monoisotopic (exact) mass is 404 g/mol. The lowest BCUT2D eigenvalue weighted by Crippen LogP contribution is -2.31. The lowest BCUT2D eigenvalue weighted by Gasteiger charge is -2.09. The van der Waals surface area contributed by atoms with Gasteiger partial charge in [-0.15, -0.1) is 0 Å². The molecule has 2 rings (SSSR count). The van der Waals surface area contributed by atoms with Crippen molar-refractivity contribution in [3.8, 4) is 5.75 Å². The molecule has 25 heavy (non-hydrogen) atoms. The average molecular weight is 405 g/mol. The summed E-state index contributed by atoms with van der Waals surface area (Å²) in [6.45, 7) is 0.829. The van der Waals surface area contributed by atoms with Gasteiger partial charge in [0.1, 0.15) is 5.75 Å². The molecule has 0 unspecified atom stereocenters. The Morgan fingerprint density at radius 1 is 1.00 bits per heavy atom. The number of halogens is 1. The highest BCUT2D eigenvalue weighted by molar-refractivity contribution is 9.10. The smallest absolute Gasteiger partial charge is 0.251 e. The highest BCUT2D eigenvalue weighted by atomic mass is 79.9. The van der Waals surface area contributed by atoms with Gasteiger partial charge in [-0.1, -0.05) is 34.1 Å². The third-order valence-electron chi connectivity index (χ3n) is 3.65. The molecule has 0 spiro atoms. The lowest BCUT2D eigenvalue weighted by atomic mass is 10.1. The maximum atomic E-state index is 11.9. The van der Waals surface area contributed by atoms with Crippen molar-refractivity contribution in [3.63, 3.8) is 0 Å². The van der Waals surface area contributed by atoms with Crippen molar-refractivity contribution in [2.45, 2.75) is 12.8 Å². The molecule has 2 N–H and O–H groups in total. The summed E-state index contributed by atoms with van der Waals surface area (Å²) in [6, 6.07) is 14.8. The SMILES string of the molecule is COc1ccccc1CCNC(=O)CCNC(=O)c1ccc(Br)cc1. The van der Waals surface area contributed by atoms with Gasteiger partial charge >= 0.3 is 0 Å². The first-order valence-corrected chi connectivity index (χ1v) is 8.82. The summed E-state index contributed by atoms with van der Waals surface area (Å²) in [4.78, 5) is 23.8. The first-order chi connectivity index (χ1) is 12.1. The van der Waals surface area contributed by atoms with E-state index in [1.54, 1.807) is 31.4 Å². The van der Waals surface area contributed by atoms with Gasteiger partial charge in [-0.25, -0.2) is 0 Å². The van der Waals surface area contributed by atoms with Gasteiger partial charge in [0.05, 0.1) is 7.11 Å². The molecule has 0 aliphatic heterocycles. The van der Waals surface area contributed by atoms with Crippen LogP contribution in [0.25, 0.3) is 0 Å². The molecular weight excluding hydrogens is 384 g/mol. The van der Waals surface area contributed by atoms with Crippen LogP contribution in [0.15, 0.2) is 53.0 Å². The van der Waals surface area contributed by atoms with Crippen LogP contribution in [0, 0.1) is 0 Å². The molecule has 132 valence electrons. The predicted molar refractivity (Wildman–Crippen MR) is 101 cm³/mol. The zero-order valence-electron chi connectivity index (χ0n) is 14.0. The Labute approximate surface area is 155 Å². The van der Waals surface area contributed by atoms with Gasteiger partial charge in [0.25, 0.3) is 5.91 Å². The summed E-state index contributed by atoms with van der Waals surface area (Å²) in [5, 5.41) is 5.59. The molecule has 0 heterocycles. The molecule has 0 aliphatic carbocycles. The van der Waals surface area contributed by atoms with E-state index in [1.807, 2.05) is 24.3 Å². The molecule has 5 nitrogen and oxygen atoms in total. The molecule has 0 radical (unpaired) electrons. The molecule has 0 aliphatic rings. The zero-order chi connectivity index (χ0) is 18.1. The van der Waals surface area contributed by atoms with E-state index >= 15 is 0 Å². The molecule has 6 heteroatoms. The van der Waals surface area contributed by atoms with E-state index in [2.05, 4.69) is 26.6 Å². The number of benzene rings is 2. The van der Waals surface area contributed by atoms with Gasteiger partial charge < -0.3 is 15.4 Å². The summed E-state index contributed by atoms with van der Waals surface area (Å²) in [5.41, 5.74) is 1.62. The van der Waals surface area contributed by atoms with Crippen molar-refractivity contribution in [1.82, 2.24) is 10.6 Å². The second-order valence-corrected chi connectivity index (χ2v) is 6.34. The quantitative estimate of drug-likeness (QED) is 0.710. The summed E-state index contributed by atoms with van der Waals surface area (Å²) in [6.07, 6.45) is 0.940. The van der Waals surface area contributed by atoms with Crippen LogP contribution in [0.2, 0.25) is 0 Å². The Bertz CT molecular complexity index is 717. The van der Waals surface area contributed by atoms with Crippen LogP contribution >= 0.6 is 15.9 Å². The third-order valence-corrected chi connectivity index (χ3v) is 4.18. The average Bonchev–Trinajstić information content (AvgIpc) is 2.62. The number of carbonyl (C=O) groups excluding carboxylic acids is 2. The van der Waals surface area contributed by atoms with E-state index in [4.69, 9.17) is 4.74 Å². The van der Waals surface area contributed by atoms with Gasteiger partial charge in [0, 0.05) is 29.5 Å². The van der Waals surface area contributed by atoms with Crippen LogP contribution in [-0.4, -0.2) is 32.0 Å². The molecular formula is C19H21BrN2O3. The minimum atomic E-state index is -0.186. The summed E-state index contributed by atoms with van der Waals surface area (Å²) in [5.74, 6) is 0.541. The fourth-order valence-electron chi connectivity index (χ4n) is 2.33. The van der Waals surface area contributed by atoms with Crippen molar-refractivity contribution in [3.05, 3.63) is 64.1 Å². The number of ether oxygens (including phenoxy) is 1. The maximum Gasteiger partial charge on any atom is 0.251 e. The molecule has 0 fully saturated rings. The van der Waals surface area contributed by atoms with Crippen LogP contribution in [-0.2, 0) is 11.2 Å². The molecule has 0 saturated heterocycles. The zero-order valence-corrected chi connectivity index (χ0v) is 15.6. The molecule has 0 aromatic heterocycles. The summed E-state index contributed by atoms with van der Waals surface area (Å²) >= 11 is 3.32. The maximum absolute atomic E-state index is 11.9. The largest absolute Gasteiger partial charge is 0.496 e. The van der Waals surface area contributed by atoms with Crippen LogP contribution in [0.1, 0.15) is 22.3 Å². The fourth-order valence-corrected chi connectivity index (χ4v) is 2.59. The number of para-hydroxylation sites is 1. The molecule has 2 aromatic rings. The van der Waals surface area contributed by atoms with Gasteiger partial charge in [-0.05, 0) is 42.3 Å². The van der Waals surface area contributed by atoms with Gasteiger partial charge in [0.2, 0.25) is 5.91 Å². The number of amides is 2. The highest BCUT2D eigenvalue weighted by Gasteiger charge is 2.07. The van der Waals surface area contributed by atoms with Crippen molar-refractivity contribution in [1.29, 1.82) is 0 Å². The van der Waals surface area contributed by atoms with E-state index in [1.165, 1.54) is 0 Å². The Balaban J connectivity index is 1.67. The van der Waals surface area contributed by atoms with Crippen LogP contribution < -0.4 is 15.4 Å². The summed E-state index contributed by atoms with van der Waals surface area (Å²) in [7, 11) is 1.63. The van der Waals surface area contributed by atoms with Crippen LogP contribution in [0.3, 0.4) is 0 Å². The number of carbonyl (C=O) groups is 2. The summed E-state index contributed by atoms with van der Waals surface area (Å²) < 4.78 is 6.20. The fraction of sp³-hybridized carbons (Fsp3) is 0.263. The van der Waals surface area contributed by atoms with Crippen molar-refractivity contribution in [2.24, 2.45) is 0 Å². The number of methoxy groups -OCH3 is 1. The molecule has 2 aromatic carbocycles. The minimum Gasteiger partial charge on any atom is -0.496 e. The van der Waals surface area contributed by atoms with Gasteiger partial charge in [-0.3, -0.25) is 9.59 Å². The molecule has 2 amide bonds. The van der Waals surface area contributed by atoms with Gasteiger partial charge in [-0.2, -0.15) is 0 Å². The third kappa shape index (κ3) is 6.23. The Kier molecular flexibility index (Phi) is 7.47. The normalized spacial score (nSPS) is 10.2. The van der Waals surface area contributed by atoms with E-state index in [0.717, 1.165) is 15.8 Å². The predicted octanol–water partition coefficient (Wildman–Crippen LogP) is 2.94. The van der Waals surface area contributed by atoms with E-state index < -0.39 is 0 Å².